The predicted octanol–water partition coefficient (Wildman–Crippen LogP) is 4.80. The van der Waals surface area contributed by atoms with Gasteiger partial charge in [0, 0.05) is 28.7 Å². The van der Waals surface area contributed by atoms with Crippen molar-refractivity contribution in [2.24, 2.45) is 0 Å². The number of rotatable bonds is 8. The van der Waals surface area contributed by atoms with E-state index >= 15 is 0 Å². The number of Topliss-reactive ketones (excluding diaryl/α,β-unsaturated/α-hetero) is 1. The number of hydrogen-bond donors (Lipinski definition) is 0. The molecule has 0 spiro atoms. The second-order valence-corrected chi connectivity index (χ2v) is 8.90. The van der Waals surface area contributed by atoms with Gasteiger partial charge in [0.1, 0.15) is 17.2 Å². The fourth-order valence-electron chi connectivity index (χ4n) is 5.08. The number of hydrogen-bond acceptors (Lipinski definition) is 10. The van der Waals surface area contributed by atoms with Crippen LogP contribution in [0.25, 0.3) is 6.08 Å². The number of methoxy groups -OCH3 is 6. The van der Waals surface area contributed by atoms with Gasteiger partial charge < -0.3 is 37.9 Å². The fourth-order valence-corrected chi connectivity index (χ4v) is 5.08. The molecule has 2 aliphatic heterocycles. The van der Waals surface area contributed by atoms with Crippen LogP contribution in [0.1, 0.15) is 39.4 Å². The molecule has 10 nitrogen and oxygen atoms in total. The minimum atomic E-state index is -0.552. The highest BCUT2D eigenvalue weighted by Crippen LogP contribution is 2.53. The molecule has 0 aliphatic carbocycles. The lowest BCUT2D eigenvalue weighted by atomic mass is 9.84. The zero-order valence-electron chi connectivity index (χ0n) is 22.9. The second-order valence-electron chi connectivity index (χ2n) is 8.90. The molecule has 10 heteroatoms. The Bertz CT molecular complexity index is 1540. The average molecular weight is 549 g/mol. The quantitative estimate of drug-likeness (QED) is 0.221. The van der Waals surface area contributed by atoms with Gasteiger partial charge in [-0.1, -0.05) is 6.07 Å². The molecular weight excluding hydrogens is 520 g/mol. The molecule has 1 atom stereocenters. The molecule has 0 aromatic heterocycles. The van der Waals surface area contributed by atoms with Crippen LogP contribution < -0.4 is 37.9 Å². The summed E-state index contributed by atoms with van der Waals surface area (Å²) in [6.45, 7) is 0. The number of benzene rings is 3. The van der Waals surface area contributed by atoms with E-state index in [1.54, 1.807) is 42.5 Å². The first-order valence-corrected chi connectivity index (χ1v) is 12.3. The van der Waals surface area contributed by atoms with E-state index in [4.69, 9.17) is 37.9 Å². The minimum absolute atomic E-state index is 0.00457. The number of carbonyl (C=O) groups is 2. The predicted molar refractivity (Wildman–Crippen MR) is 144 cm³/mol. The Kier molecular flexibility index (Phi) is 7.17. The molecule has 2 aliphatic rings. The highest BCUT2D eigenvalue weighted by molar-refractivity contribution is 6.15. The molecule has 3 aromatic rings. The van der Waals surface area contributed by atoms with Gasteiger partial charge in [-0.05, 0) is 30.3 Å². The van der Waals surface area contributed by atoms with E-state index in [0.29, 0.717) is 68.2 Å². The van der Waals surface area contributed by atoms with Crippen molar-refractivity contribution in [1.29, 1.82) is 0 Å². The SMILES string of the molecule is COc1cc(OC)c(OC)cc1/C=C1\Oc2c(ccc3c2[C@@H](c2ccc(OC)c(OC)c2OC)CC(=O)O3)C1=O. The van der Waals surface area contributed by atoms with Crippen LogP contribution in [0.2, 0.25) is 0 Å². The van der Waals surface area contributed by atoms with Gasteiger partial charge in [0.05, 0.1) is 54.6 Å². The van der Waals surface area contributed by atoms with Crippen LogP contribution in [-0.4, -0.2) is 54.4 Å². The first-order chi connectivity index (χ1) is 19.4. The number of fused-ring (bicyclic) bond motifs is 3. The Morgan fingerprint density at radius 1 is 0.725 bits per heavy atom. The molecule has 40 heavy (non-hydrogen) atoms. The Morgan fingerprint density at radius 2 is 1.40 bits per heavy atom. The smallest absolute Gasteiger partial charge is 0.312 e. The van der Waals surface area contributed by atoms with E-state index in [9.17, 15) is 9.59 Å². The summed E-state index contributed by atoms with van der Waals surface area (Å²) in [5, 5.41) is 0. The van der Waals surface area contributed by atoms with E-state index < -0.39 is 11.9 Å². The lowest BCUT2D eigenvalue weighted by Crippen LogP contribution is -2.22. The third-order valence-electron chi connectivity index (χ3n) is 6.91. The summed E-state index contributed by atoms with van der Waals surface area (Å²) >= 11 is 0. The fraction of sp³-hybridized carbons (Fsp3) is 0.267. The maximum atomic E-state index is 13.5. The Labute approximate surface area is 230 Å². The summed E-state index contributed by atoms with van der Waals surface area (Å²) in [5.74, 6) is 2.03. The van der Waals surface area contributed by atoms with Crippen molar-refractivity contribution in [2.75, 3.05) is 42.7 Å². The van der Waals surface area contributed by atoms with Gasteiger partial charge >= 0.3 is 5.97 Å². The molecule has 0 fully saturated rings. The lowest BCUT2D eigenvalue weighted by Gasteiger charge is -2.28. The third-order valence-corrected chi connectivity index (χ3v) is 6.91. The van der Waals surface area contributed by atoms with Gasteiger partial charge in [0.25, 0.3) is 0 Å². The monoisotopic (exact) mass is 548 g/mol. The van der Waals surface area contributed by atoms with Crippen LogP contribution in [-0.2, 0) is 4.79 Å². The highest BCUT2D eigenvalue weighted by atomic mass is 16.5. The van der Waals surface area contributed by atoms with E-state index in [2.05, 4.69) is 0 Å². The molecule has 208 valence electrons. The average Bonchev–Trinajstić information content (AvgIpc) is 3.29. The van der Waals surface area contributed by atoms with Crippen LogP contribution >= 0.6 is 0 Å². The van der Waals surface area contributed by atoms with Crippen LogP contribution in [0.4, 0.5) is 0 Å². The van der Waals surface area contributed by atoms with Gasteiger partial charge in [0.2, 0.25) is 11.5 Å². The summed E-state index contributed by atoms with van der Waals surface area (Å²) in [6, 6.07) is 10.1. The molecule has 0 radical (unpaired) electrons. The maximum absolute atomic E-state index is 13.5. The van der Waals surface area contributed by atoms with Crippen molar-refractivity contribution in [3.05, 3.63) is 64.4 Å². The standard InChI is InChI=1S/C30H28O10/c1-33-20-10-7-16(29(37-5)30(20)38-6)18-13-25(31)39-19-9-8-17-27(32)24(40-28(17)26(18)19)12-15-11-22(35-3)23(36-4)14-21(15)34-2/h7-12,14,18H,13H2,1-6H3/b24-12-/t18-/m1/s1. The van der Waals surface area contributed by atoms with Crippen LogP contribution in [0.5, 0.6) is 46.0 Å². The van der Waals surface area contributed by atoms with Crippen molar-refractivity contribution in [3.63, 3.8) is 0 Å². The van der Waals surface area contributed by atoms with Gasteiger partial charge in [-0.2, -0.15) is 0 Å². The second kappa shape index (κ2) is 10.7. The summed E-state index contributed by atoms with van der Waals surface area (Å²) in [7, 11) is 9.10. The van der Waals surface area contributed by atoms with Gasteiger partial charge in [-0.25, -0.2) is 0 Å². The van der Waals surface area contributed by atoms with E-state index in [1.807, 2.05) is 0 Å². The largest absolute Gasteiger partial charge is 0.496 e. The number of allylic oxidation sites excluding steroid dienone is 1. The molecule has 0 saturated heterocycles. The van der Waals surface area contributed by atoms with Gasteiger partial charge in [-0.15, -0.1) is 0 Å². The summed E-state index contributed by atoms with van der Waals surface area (Å²) < 4.78 is 44.8. The van der Waals surface area contributed by atoms with Crippen molar-refractivity contribution in [2.45, 2.75) is 12.3 Å². The molecular formula is C30H28O10. The zero-order chi connectivity index (χ0) is 28.6. The van der Waals surface area contributed by atoms with E-state index in [-0.39, 0.29) is 18.0 Å². The molecule has 0 saturated carbocycles. The minimum Gasteiger partial charge on any atom is -0.496 e. The molecule has 0 amide bonds. The van der Waals surface area contributed by atoms with Crippen LogP contribution in [0.15, 0.2) is 42.2 Å². The first-order valence-electron chi connectivity index (χ1n) is 12.3. The van der Waals surface area contributed by atoms with Crippen LogP contribution in [0.3, 0.4) is 0 Å². The van der Waals surface area contributed by atoms with Crippen molar-refractivity contribution >= 4 is 17.8 Å². The summed E-state index contributed by atoms with van der Waals surface area (Å²) in [4.78, 5) is 26.2. The number of esters is 1. The Hall–Kier alpha value is -4.86. The first kappa shape index (κ1) is 26.7. The normalized spacial score (nSPS) is 16.4. The molecule has 0 N–H and O–H groups in total. The van der Waals surface area contributed by atoms with E-state index in [0.717, 1.165) is 0 Å². The Balaban J connectivity index is 1.64. The molecule has 3 aromatic carbocycles. The summed E-state index contributed by atoms with van der Waals surface area (Å²) in [5.41, 5.74) is 2.10. The van der Waals surface area contributed by atoms with Gasteiger partial charge in [0.15, 0.2) is 28.8 Å². The van der Waals surface area contributed by atoms with Crippen LogP contribution in [0, 0.1) is 0 Å². The number of ether oxygens (including phenoxy) is 8. The van der Waals surface area contributed by atoms with Crippen molar-refractivity contribution in [1.82, 2.24) is 0 Å². The topological polar surface area (TPSA) is 108 Å². The van der Waals surface area contributed by atoms with Crippen molar-refractivity contribution in [3.8, 4) is 46.0 Å². The summed E-state index contributed by atoms with van der Waals surface area (Å²) in [6.07, 6.45) is 1.58. The third kappa shape index (κ3) is 4.31. The van der Waals surface area contributed by atoms with Crippen molar-refractivity contribution < 1.29 is 47.5 Å². The lowest BCUT2D eigenvalue weighted by molar-refractivity contribution is -0.135. The highest BCUT2D eigenvalue weighted by Gasteiger charge is 2.40. The number of ketones is 1. The molecule has 5 rings (SSSR count). The molecule has 0 unspecified atom stereocenters. The zero-order valence-corrected chi connectivity index (χ0v) is 22.9. The maximum Gasteiger partial charge on any atom is 0.312 e. The molecule has 0 bridgehead atoms. The molecule has 2 heterocycles. The van der Waals surface area contributed by atoms with Gasteiger partial charge in [-0.3, -0.25) is 9.59 Å². The van der Waals surface area contributed by atoms with E-state index in [1.165, 1.54) is 42.7 Å². The Morgan fingerprint density at radius 3 is 2.05 bits per heavy atom. The number of carbonyl (C=O) groups excluding carboxylic acids is 2.